The van der Waals surface area contributed by atoms with Gasteiger partial charge in [-0.1, -0.05) is 92.7 Å². The third-order valence-electron chi connectivity index (χ3n) is 8.86. The second-order valence-corrected chi connectivity index (χ2v) is 14.4. The molecule has 1 aromatic heterocycles. The maximum Gasteiger partial charge on any atom is 0.494 e. The van der Waals surface area contributed by atoms with Crippen molar-refractivity contribution in [3.8, 4) is 22.4 Å². The molecule has 2 atom stereocenters. The molecule has 1 fully saturated rings. The summed E-state index contributed by atoms with van der Waals surface area (Å²) in [7, 11) is -0.576. The Morgan fingerprint density at radius 1 is 0.865 bits per heavy atom. The van der Waals surface area contributed by atoms with Crippen molar-refractivity contribution in [2.24, 2.45) is 0 Å². The lowest BCUT2D eigenvalue weighted by Gasteiger charge is -2.35. The fourth-order valence-electron chi connectivity index (χ4n) is 6.63. The number of amides is 1. The molecular formula is C42H47BFN3O5. The van der Waals surface area contributed by atoms with Gasteiger partial charge in [-0.2, -0.15) is 5.48 Å². The summed E-state index contributed by atoms with van der Waals surface area (Å²) < 4.78 is 29.6. The van der Waals surface area contributed by atoms with Crippen molar-refractivity contribution in [3.63, 3.8) is 0 Å². The third-order valence-corrected chi connectivity index (χ3v) is 8.86. The SMILES string of the molecule is CC(C)c1c(C(=O)Nc2ccccc2)c(-c2ccccc2)c(-c2ccc(F)cc2)n1CCC1CC(CNOOC(C)(C)C)OB(c2ccccc2)O1. The first-order valence-electron chi connectivity index (χ1n) is 17.9. The highest BCUT2D eigenvalue weighted by atomic mass is 19.1. The van der Waals surface area contributed by atoms with Crippen LogP contribution in [0, 0.1) is 5.82 Å². The van der Waals surface area contributed by atoms with Crippen molar-refractivity contribution >= 4 is 24.2 Å². The Kier molecular flexibility index (Phi) is 12.0. The topological polar surface area (TPSA) is 83.0 Å². The number of carbonyl (C=O) groups is 1. The third kappa shape index (κ3) is 9.25. The van der Waals surface area contributed by atoms with Crippen molar-refractivity contribution in [1.82, 2.24) is 10.0 Å². The Bertz CT molecular complexity index is 1900. The van der Waals surface area contributed by atoms with Gasteiger partial charge in [0, 0.05) is 36.1 Å². The highest BCUT2D eigenvalue weighted by molar-refractivity contribution is 6.61. The molecule has 0 bridgehead atoms. The van der Waals surface area contributed by atoms with Gasteiger partial charge in [-0.25, -0.2) is 9.28 Å². The lowest BCUT2D eigenvalue weighted by molar-refractivity contribution is -0.385. The van der Waals surface area contributed by atoms with E-state index in [0.29, 0.717) is 37.2 Å². The molecule has 1 saturated heterocycles. The van der Waals surface area contributed by atoms with Crippen molar-refractivity contribution in [1.29, 1.82) is 0 Å². The largest absolute Gasteiger partial charge is 0.494 e. The lowest BCUT2D eigenvalue weighted by Crippen LogP contribution is -2.51. The van der Waals surface area contributed by atoms with Crippen LogP contribution in [0.1, 0.15) is 69.4 Å². The van der Waals surface area contributed by atoms with Gasteiger partial charge in [-0.3, -0.25) is 4.79 Å². The van der Waals surface area contributed by atoms with Crippen LogP contribution in [0.25, 0.3) is 22.4 Å². The molecule has 0 aliphatic carbocycles. The van der Waals surface area contributed by atoms with E-state index < -0.39 is 12.7 Å². The van der Waals surface area contributed by atoms with E-state index in [9.17, 15) is 9.18 Å². The molecule has 0 spiro atoms. The van der Waals surface area contributed by atoms with Gasteiger partial charge < -0.3 is 19.2 Å². The second-order valence-electron chi connectivity index (χ2n) is 14.4. The van der Waals surface area contributed by atoms with Gasteiger partial charge in [-0.15, -0.1) is 4.99 Å². The van der Waals surface area contributed by atoms with Crippen LogP contribution < -0.4 is 16.3 Å². The molecule has 52 heavy (non-hydrogen) atoms. The summed E-state index contributed by atoms with van der Waals surface area (Å²) in [4.78, 5) is 25.2. The molecule has 2 unspecified atom stereocenters. The van der Waals surface area contributed by atoms with Crippen molar-refractivity contribution in [3.05, 3.63) is 132 Å². The van der Waals surface area contributed by atoms with Gasteiger partial charge in [0.1, 0.15) is 5.82 Å². The normalized spacial score (nSPS) is 16.3. The number of nitrogens with zero attached hydrogens (tertiary/aromatic N) is 1. The predicted octanol–water partition coefficient (Wildman–Crippen LogP) is 8.55. The van der Waals surface area contributed by atoms with Crippen molar-refractivity contribution < 1.29 is 28.4 Å². The van der Waals surface area contributed by atoms with E-state index in [2.05, 4.69) is 29.2 Å². The van der Waals surface area contributed by atoms with Gasteiger partial charge >= 0.3 is 7.12 Å². The summed E-state index contributed by atoms with van der Waals surface area (Å²) in [5, 5.41) is 3.15. The van der Waals surface area contributed by atoms with E-state index in [1.54, 1.807) is 12.1 Å². The maximum absolute atomic E-state index is 14.5. The minimum absolute atomic E-state index is 0.0298. The monoisotopic (exact) mass is 703 g/mol. The van der Waals surface area contributed by atoms with E-state index in [1.165, 1.54) is 12.1 Å². The van der Waals surface area contributed by atoms with E-state index in [1.807, 2.05) is 112 Å². The number of anilines is 1. The van der Waals surface area contributed by atoms with E-state index in [0.717, 1.165) is 33.5 Å². The fraction of sp³-hybridized carbons (Fsp3) is 0.310. The standard InChI is InChI=1S/C42H47BFN3O5/c1-29(2)39-38(41(48)46-34-19-13-8-14-20-34)37(30-15-9-6-10-16-30)40(31-21-23-33(44)24-22-31)47(39)26-25-35-27-36(28-45-52-51-42(3,4)5)50-43(49-35)32-17-11-7-12-18-32/h6-24,29,35-36,45H,25-28H2,1-5H3,(H,46,48). The van der Waals surface area contributed by atoms with Crippen molar-refractivity contribution in [2.75, 3.05) is 11.9 Å². The smallest absolute Gasteiger partial charge is 0.404 e. The van der Waals surface area contributed by atoms with Gasteiger partial charge in [0.25, 0.3) is 5.91 Å². The van der Waals surface area contributed by atoms with Crippen LogP contribution in [0.5, 0.6) is 0 Å². The first-order valence-corrected chi connectivity index (χ1v) is 17.9. The van der Waals surface area contributed by atoms with Crippen LogP contribution >= 0.6 is 0 Å². The molecule has 2 N–H and O–H groups in total. The number of nitrogens with one attached hydrogen (secondary N) is 2. The molecule has 1 aliphatic rings. The zero-order valence-corrected chi connectivity index (χ0v) is 30.5. The lowest BCUT2D eigenvalue weighted by atomic mass is 9.76. The molecule has 6 rings (SSSR count). The van der Waals surface area contributed by atoms with Gasteiger partial charge in [0.2, 0.25) is 0 Å². The number of hydroxylamine groups is 1. The number of para-hydroxylation sites is 1. The minimum atomic E-state index is -0.576. The predicted molar refractivity (Wildman–Crippen MR) is 204 cm³/mol. The van der Waals surface area contributed by atoms with Crippen LogP contribution in [0.3, 0.4) is 0 Å². The maximum atomic E-state index is 14.5. The number of benzene rings is 4. The summed E-state index contributed by atoms with van der Waals surface area (Å²) in [6.07, 6.45) is 0.802. The van der Waals surface area contributed by atoms with E-state index >= 15 is 0 Å². The van der Waals surface area contributed by atoms with Crippen LogP contribution in [-0.2, 0) is 25.7 Å². The molecule has 1 aliphatic heterocycles. The summed E-state index contributed by atoms with van der Waals surface area (Å²) in [5.41, 5.74) is 8.93. The zero-order valence-electron chi connectivity index (χ0n) is 30.5. The molecule has 270 valence electrons. The average molecular weight is 704 g/mol. The summed E-state index contributed by atoms with van der Waals surface area (Å²) in [6.45, 7) is 10.9. The van der Waals surface area contributed by atoms with Gasteiger partial charge in [0.05, 0.1) is 23.0 Å². The summed E-state index contributed by atoms with van der Waals surface area (Å²) in [5.74, 6) is -0.558. The van der Waals surface area contributed by atoms with Crippen LogP contribution in [0.4, 0.5) is 10.1 Å². The van der Waals surface area contributed by atoms with E-state index in [4.69, 9.17) is 19.2 Å². The van der Waals surface area contributed by atoms with Gasteiger partial charge in [0.15, 0.2) is 0 Å². The Balaban J connectivity index is 1.40. The molecule has 10 heteroatoms. The molecule has 8 nitrogen and oxygen atoms in total. The number of carbonyl (C=O) groups excluding carboxylic acids is 1. The highest BCUT2D eigenvalue weighted by Gasteiger charge is 2.37. The summed E-state index contributed by atoms with van der Waals surface area (Å²) >= 11 is 0. The molecule has 0 radical (unpaired) electrons. The molecule has 2 heterocycles. The minimum Gasteiger partial charge on any atom is -0.404 e. The summed E-state index contributed by atoms with van der Waals surface area (Å²) in [6, 6.07) is 35.8. The number of halogens is 1. The fourth-order valence-corrected chi connectivity index (χ4v) is 6.63. The van der Waals surface area contributed by atoms with Crippen LogP contribution in [-0.4, -0.2) is 41.9 Å². The highest BCUT2D eigenvalue weighted by Crippen LogP contribution is 2.43. The molecule has 0 saturated carbocycles. The van der Waals surface area contributed by atoms with Crippen LogP contribution in [0.15, 0.2) is 115 Å². The Morgan fingerprint density at radius 2 is 1.48 bits per heavy atom. The molecule has 4 aromatic carbocycles. The first-order chi connectivity index (χ1) is 25.1. The molecule has 5 aromatic rings. The average Bonchev–Trinajstić information content (AvgIpc) is 3.49. The Hall–Kier alpha value is -4.58. The number of hydrogen-bond acceptors (Lipinski definition) is 6. The Labute approximate surface area is 306 Å². The second kappa shape index (κ2) is 16.8. The van der Waals surface area contributed by atoms with Crippen LogP contribution in [0.2, 0.25) is 0 Å². The number of rotatable bonds is 13. The van der Waals surface area contributed by atoms with E-state index in [-0.39, 0.29) is 29.9 Å². The quantitative estimate of drug-likeness (QED) is 0.0554. The van der Waals surface area contributed by atoms with Gasteiger partial charge in [-0.05, 0) is 92.5 Å². The van der Waals surface area contributed by atoms with Crippen molar-refractivity contribution in [2.45, 2.75) is 77.7 Å². The zero-order chi connectivity index (χ0) is 36.7. The molecule has 1 amide bonds. The number of aromatic nitrogens is 1. The first kappa shape index (κ1) is 37.2. The molecular weight excluding hydrogens is 656 g/mol. The Morgan fingerprint density at radius 3 is 2.12 bits per heavy atom. The number of hydrogen-bond donors (Lipinski definition) is 2.